The van der Waals surface area contributed by atoms with Crippen LogP contribution in [0.4, 0.5) is 17.2 Å². The zero-order chi connectivity index (χ0) is 22.2. The van der Waals surface area contributed by atoms with Crippen molar-refractivity contribution >= 4 is 28.2 Å². The molecule has 1 fully saturated rings. The number of rotatable bonds is 4. The molecule has 3 N–H and O–H groups in total. The van der Waals surface area contributed by atoms with E-state index in [4.69, 9.17) is 4.98 Å². The fourth-order valence-corrected chi connectivity index (χ4v) is 5.07. The van der Waals surface area contributed by atoms with Gasteiger partial charge in [-0.25, -0.2) is 9.97 Å². The minimum absolute atomic E-state index is 0.855. The molecule has 0 bridgehead atoms. The summed E-state index contributed by atoms with van der Waals surface area (Å²) in [5.41, 5.74) is 8.51. The maximum atomic E-state index is 4.72. The van der Waals surface area contributed by atoms with Crippen molar-refractivity contribution in [1.82, 2.24) is 25.2 Å². The number of hydrogen-bond acceptors (Lipinski definition) is 6. The van der Waals surface area contributed by atoms with Crippen molar-refractivity contribution in [3.05, 3.63) is 66.1 Å². The van der Waals surface area contributed by atoms with E-state index < -0.39 is 0 Å². The molecule has 0 radical (unpaired) electrons. The van der Waals surface area contributed by atoms with Gasteiger partial charge in [0.05, 0.1) is 11.9 Å². The highest BCUT2D eigenvalue weighted by molar-refractivity contribution is 5.95. The van der Waals surface area contributed by atoms with Crippen molar-refractivity contribution in [1.29, 1.82) is 0 Å². The first-order valence-corrected chi connectivity index (χ1v) is 11.7. The van der Waals surface area contributed by atoms with Gasteiger partial charge in [0.1, 0.15) is 11.5 Å². The van der Waals surface area contributed by atoms with Crippen molar-refractivity contribution in [3.8, 4) is 11.1 Å². The number of pyridine rings is 2. The van der Waals surface area contributed by atoms with Crippen molar-refractivity contribution in [3.63, 3.8) is 0 Å². The molecular weight excluding hydrogens is 410 g/mol. The van der Waals surface area contributed by atoms with E-state index in [1.54, 1.807) is 0 Å². The molecule has 5 heterocycles. The van der Waals surface area contributed by atoms with Gasteiger partial charge in [0, 0.05) is 63.2 Å². The van der Waals surface area contributed by atoms with Crippen LogP contribution in [0.15, 0.2) is 55.0 Å². The molecule has 0 amide bonds. The van der Waals surface area contributed by atoms with Gasteiger partial charge in [0.25, 0.3) is 0 Å². The zero-order valence-electron chi connectivity index (χ0n) is 18.9. The van der Waals surface area contributed by atoms with E-state index in [-0.39, 0.29) is 0 Å². The fourth-order valence-electron chi connectivity index (χ4n) is 5.07. The molecule has 2 aliphatic rings. The topological polar surface area (TPSA) is 70.0 Å². The first-order valence-electron chi connectivity index (χ1n) is 11.7. The van der Waals surface area contributed by atoms with Gasteiger partial charge in [-0.15, -0.1) is 0 Å². The van der Waals surface area contributed by atoms with Crippen molar-refractivity contribution < 1.29 is 0 Å². The van der Waals surface area contributed by atoms with Gasteiger partial charge in [-0.1, -0.05) is 6.07 Å². The van der Waals surface area contributed by atoms with Crippen LogP contribution in [0.5, 0.6) is 0 Å². The Labute approximate surface area is 193 Å². The number of aryl methyl sites for hydroxylation is 1. The Balaban J connectivity index is 1.29. The molecule has 1 aromatic carbocycles. The van der Waals surface area contributed by atoms with E-state index in [9.17, 15) is 0 Å². The molecule has 0 unspecified atom stereocenters. The van der Waals surface area contributed by atoms with E-state index in [0.29, 0.717) is 0 Å². The molecule has 7 heteroatoms. The summed E-state index contributed by atoms with van der Waals surface area (Å²) >= 11 is 0. The average Bonchev–Trinajstić information content (AvgIpc) is 3.39. The quantitative estimate of drug-likeness (QED) is 0.450. The summed E-state index contributed by atoms with van der Waals surface area (Å²) in [4.78, 5) is 11.7. The summed E-state index contributed by atoms with van der Waals surface area (Å²) in [6.07, 6.45) is 7.14. The summed E-state index contributed by atoms with van der Waals surface area (Å²) in [6.45, 7) is 5.94. The van der Waals surface area contributed by atoms with Gasteiger partial charge in [-0.3, -0.25) is 0 Å². The third-order valence-corrected chi connectivity index (χ3v) is 6.81. The van der Waals surface area contributed by atoms with Crippen molar-refractivity contribution in [2.24, 2.45) is 7.05 Å². The van der Waals surface area contributed by atoms with E-state index in [1.807, 2.05) is 19.4 Å². The smallest absolute Gasteiger partial charge is 0.140 e. The summed E-state index contributed by atoms with van der Waals surface area (Å²) in [5.74, 6) is 0.878. The van der Waals surface area contributed by atoms with Crippen LogP contribution in [0.1, 0.15) is 17.5 Å². The lowest BCUT2D eigenvalue weighted by Gasteiger charge is -2.22. The first kappa shape index (κ1) is 20.2. The molecule has 1 saturated heterocycles. The molecule has 0 aliphatic carbocycles. The normalized spacial score (nSPS) is 16.1. The lowest BCUT2D eigenvalue weighted by Crippen LogP contribution is -2.27. The van der Waals surface area contributed by atoms with Crippen LogP contribution in [0, 0.1) is 0 Å². The standard InChI is InChI=1S/C26H29N7/c1-32-13-8-21-20(7-10-29-26(21)32)19-4-5-24(23-17-28-16-22(19)23)31-25-6-3-18(15-30-25)33-12-2-9-27-11-14-33/h3-8,10,13,15,27-28H,2,9,11-12,14,16-17H2,1H3,(H,30,31). The molecule has 0 saturated carbocycles. The minimum atomic E-state index is 0.855. The van der Waals surface area contributed by atoms with Crippen LogP contribution < -0.4 is 20.9 Å². The van der Waals surface area contributed by atoms with Crippen LogP contribution >= 0.6 is 0 Å². The number of fused-ring (bicyclic) bond motifs is 2. The SMILES string of the molecule is Cn1ccc2c(-c3ccc(Nc4ccc(N5CCCNCC5)cn4)c4c3CNC4)ccnc21. The van der Waals surface area contributed by atoms with Crippen LogP contribution in [-0.4, -0.2) is 40.7 Å². The van der Waals surface area contributed by atoms with E-state index in [1.165, 1.54) is 33.3 Å². The second-order valence-electron chi connectivity index (χ2n) is 8.86. The first-order chi connectivity index (χ1) is 16.3. The van der Waals surface area contributed by atoms with Crippen LogP contribution in [0.2, 0.25) is 0 Å². The third kappa shape index (κ3) is 3.73. The number of hydrogen-bond donors (Lipinski definition) is 3. The number of aromatic nitrogens is 3. The summed E-state index contributed by atoms with van der Waals surface area (Å²) in [5, 5.41) is 11.8. The Morgan fingerprint density at radius 2 is 1.82 bits per heavy atom. The van der Waals surface area contributed by atoms with Gasteiger partial charge < -0.3 is 25.4 Å². The van der Waals surface area contributed by atoms with Gasteiger partial charge in [0.2, 0.25) is 0 Å². The third-order valence-electron chi connectivity index (χ3n) is 6.81. The minimum Gasteiger partial charge on any atom is -0.369 e. The number of anilines is 3. The highest BCUT2D eigenvalue weighted by Gasteiger charge is 2.21. The largest absolute Gasteiger partial charge is 0.369 e. The lowest BCUT2D eigenvalue weighted by molar-refractivity contribution is 0.724. The van der Waals surface area contributed by atoms with Gasteiger partial charge in [0.15, 0.2) is 0 Å². The van der Waals surface area contributed by atoms with E-state index >= 15 is 0 Å². The summed E-state index contributed by atoms with van der Waals surface area (Å²) in [7, 11) is 2.04. The lowest BCUT2D eigenvalue weighted by atomic mass is 9.94. The predicted octanol–water partition coefficient (Wildman–Crippen LogP) is 3.78. The van der Waals surface area contributed by atoms with Crippen LogP contribution in [0.3, 0.4) is 0 Å². The molecule has 33 heavy (non-hydrogen) atoms. The van der Waals surface area contributed by atoms with Crippen molar-refractivity contribution in [2.75, 3.05) is 36.4 Å². The summed E-state index contributed by atoms with van der Waals surface area (Å²) in [6, 6.07) is 13.0. The molecule has 3 aromatic heterocycles. The maximum Gasteiger partial charge on any atom is 0.140 e. The van der Waals surface area contributed by atoms with E-state index in [2.05, 4.69) is 73.0 Å². The second-order valence-corrected chi connectivity index (χ2v) is 8.86. The van der Waals surface area contributed by atoms with Crippen LogP contribution in [-0.2, 0) is 20.1 Å². The number of benzene rings is 1. The van der Waals surface area contributed by atoms with Gasteiger partial charge >= 0.3 is 0 Å². The van der Waals surface area contributed by atoms with Gasteiger partial charge in [-0.05, 0) is 65.6 Å². The second kappa shape index (κ2) is 8.50. The molecule has 168 valence electrons. The maximum absolute atomic E-state index is 4.72. The molecule has 6 rings (SSSR count). The van der Waals surface area contributed by atoms with Crippen LogP contribution in [0.25, 0.3) is 22.2 Å². The van der Waals surface area contributed by atoms with E-state index in [0.717, 1.165) is 62.8 Å². The molecule has 0 spiro atoms. The zero-order valence-corrected chi connectivity index (χ0v) is 18.9. The predicted molar refractivity (Wildman–Crippen MR) is 134 cm³/mol. The molecule has 7 nitrogen and oxygen atoms in total. The summed E-state index contributed by atoms with van der Waals surface area (Å²) < 4.78 is 2.07. The highest BCUT2D eigenvalue weighted by atomic mass is 15.2. The molecule has 2 aliphatic heterocycles. The molecule has 0 atom stereocenters. The Kier molecular flexibility index (Phi) is 5.20. The molecule has 4 aromatic rings. The highest BCUT2D eigenvalue weighted by Crippen LogP contribution is 2.37. The van der Waals surface area contributed by atoms with Crippen molar-refractivity contribution in [2.45, 2.75) is 19.5 Å². The number of nitrogens with one attached hydrogen (secondary N) is 3. The average molecular weight is 440 g/mol. The Morgan fingerprint density at radius 3 is 2.73 bits per heavy atom. The Morgan fingerprint density at radius 1 is 0.879 bits per heavy atom. The Hall–Kier alpha value is -3.42. The molecular formula is C26H29N7. The fraction of sp³-hybridized carbons (Fsp3) is 0.308. The number of nitrogens with zero attached hydrogens (tertiary/aromatic N) is 4. The van der Waals surface area contributed by atoms with Gasteiger partial charge in [-0.2, -0.15) is 0 Å². The Bertz CT molecular complexity index is 1280. The monoisotopic (exact) mass is 439 g/mol.